The van der Waals surface area contributed by atoms with Crippen molar-refractivity contribution in [3.63, 3.8) is 0 Å². The number of aliphatic hydroxyl groups is 1. The summed E-state index contributed by atoms with van der Waals surface area (Å²) in [4.78, 5) is 2.41. The van der Waals surface area contributed by atoms with E-state index in [0.717, 1.165) is 19.6 Å². The summed E-state index contributed by atoms with van der Waals surface area (Å²) in [5.74, 6) is 0.478. The molecule has 0 aromatic heterocycles. The number of β-amino-alcohol motifs (C(OH)–C–C–N with tert-alkyl or cyclic N) is 1. The molecule has 1 unspecified atom stereocenters. The fourth-order valence-electron chi connectivity index (χ4n) is 2.66. The fraction of sp³-hybridized carbons (Fsp3) is 1.00. The molecule has 2 aliphatic rings. The molecule has 2 rings (SSSR count). The first-order valence-corrected chi connectivity index (χ1v) is 6.39. The second kappa shape index (κ2) is 4.81. The van der Waals surface area contributed by atoms with Crippen LogP contribution in [-0.4, -0.2) is 41.8 Å². The Bertz CT molecular complexity index is 198. The van der Waals surface area contributed by atoms with Crippen LogP contribution in [0.25, 0.3) is 0 Å². The second-order valence-electron chi connectivity index (χ2n) is 5.27. The molecule has 1 aliphatic carbocycles. The van der Waals surface area contributed by atoms with E-state index in [0.29, 0.717) is 12.5 Å². The summed E-state index contributed by atoms with van der Waals surface area (Å²) < 4.78 is 0. The molecule has 88 valence electrons. The Hall–Kier alpha value is -0.120. The number of hydrogen-bond donors (Lipinski definition) is 2. The van der Waals surface area contributed by atoms with E-state index in [9.17, 15) is 5.11 Å². The summed E-state index contributed by atoms with van der Waals surface area (Å²) in [6.07, 6.45) is 7.60. The molecule has 3 heteroatoms. The highest BCUT2D eigenvalue weighted by Crippen LogP contribution is 2.39. The van der Waals surface area contributed by atoms with Crippen LogP contribution in [0.3, 0.4) is 0 Å². The van der Waals surface area contributed by atoms with Crippen LogP contribution in [0.4, 0.5) is 0 Å². The maximum atomic E-state index is 10.4. The molecule has 1 saturated heterocycles. The van der Waals surface area contributed by atoms with Gasteiger partial charge in [0.25, 0.3) is 0 Å². The SMILES string of the molecule is NCC(O)(CN1CCCCCC1)C1CC1. The van der Waals surface area contributed by atoms with E-state index in [1.165, 1.54) is 38.5 Å². The molecule has 1 saturated carbocycles. The zero-order chi connectivity index (χ0) is 10.7. The minimum absolute atomic E-state index is 0.425. The number of nitrogens with zero attached hydrogens (tertiary/aromatic N) is 1. The van der Waals surface area contributed by atoms with Gasteiger partial charge >= 0.3 is 0 Å². The summed E-state index contributed by atoms with van der Waals surface area (Å²) in [7, 11) is 0. The fourth-order valence-corrected chi connectivity index (χ4v) is 2.66. The Kier molecular flexibility index (Phi) is 3.65. The van der Waals surface area contributed by atoms with Gasteiger partial charge in [0.2, 0.25) is 0 Å². The van der Waals surface area contributed by atoms with E-state index in [1.54, 1.807) is 0 Å². The summed E-state index contributed by atoms with van der Waals surface area (Å²) in [5, 5.41) is 10.4. The van der Waals surface area contributed by atoms with Gasteiger partial charge in [0.15, 0.2) is 0 Å². The molecule has 2 fully saturated rings. The van der Waals surface area contributed by atoms with Crippen LogP contribution in [0.1, 0.15) is 38.5 Å². The first kappa shape index (κ1) is 11.4. The normalized spacial score (nSPS) is 28.4. The van der Waals surface area contributed by atoms with Crippen molar-refractivity contribution in [2.45, 2.75) is 44.1 Å². The zero-order valence-electron chi connectivity index (χ0n) is 9.62. The van der Waals surface area contributed by atoms with Crippen molar-refractivity contribution < 1.29 is 5.11 Å². The number of nitrogens with two attached hydrogens (primary N) is 1. The molecule has 15 heavy (non-hydrogen) atoms. The van der Waals surface area contributed by atoms with E-state index in [1.807, 2.05) is 0 Å². The molecule has 1 aliphatic heterocycles. The molecule has 0 bridgehead atoms. The molecule has 0 aromatic rings. The van der Waals surface area contributed by atoms with E-state index >= 15 is 0 Å². The van der Waals surface area contributed by atoms with Gasteiger partial charge in [0, 0.05) is 13.1 Å². The highest BCUT2D eigenvalue weighted by atomic mass is 16.3. The Balaban J connectivity index is 1.87. The molecule has 0 radical (unpaired) electrons. The van der Waals surface area contributed by atoms with Crippen LogP contribution in [0, 0.1) is 5.92 Å². The lowest BCUT2D eigenvalue weighted by molar-refractivity contribution is -0.00745. The third-order valence-electron chi connectivity index (χ3n) is 3.89. The van der Waals surface area contributed by atoms with Crippen LogP contribution in [0.2, 0.25) is 0 Å². The predicted octanol–water partition coefficient (Wildman–Crippen LogP) is 0.962. The highest BCUT2D eigenvalue weighted by Gasteiger charge is 2.43. The van der Waals surface area contributed by atoms with Crippen molar-refractivity contribution in [2.75, 3.05) is 26.2 Å². The van der Waals surface area contributed by atoms with Crippen LogP contribution >= 0.6 is 0 Å². The van der Waals surface area contributed by atoms with E-state index < -0.39 is 5.60 Å². The summed E-state index contributed by atoms with van der Waals surface area (Å²) in [6.45, 7) is 3.52. The summed E-state index contributed by atoms with van der Waals surface area (Å²) in [6, 6.07) is 0. The van der Waals surface area contributed by atoms with E-state index in [4.69, 9.17) is 5.73 Å². The largest absolute Gasteiger partial charge is 0.387 e. The third-order valence-corrected chi connectivity index (χ3v) is 3.89. The standard InChI is InChI=1S/C12H24N2O/c13-9-12(15,11-5-6-11)10-14-7-3-1-2-4-8-14/h11,15H,1-10,13H2. The maximum absolute atomic E-state index is 10.4. The quantitative estimate of drug-likeness (QED) is 0.730. The number of rotatable bonds is 4. The number of hydrogen-bond acceptors (Lipinski definition) is 3. The van der Waals surface area contributed by atoms with Gasteiger partial charge in [-0.2, -0.15) is 0 Å². The Labute approximate surface area is 92.6 Å². The Morgan fingerprint density at radius 2 is 1.73 bits per heavy atom. The predicted molar refractivity (Wildman–Crippen MR) is 61.6 cm³/mol. The first-order chi connectivity index (χ1) is 7.24. The van der Waals surface area contributed by atoms with Crippen molar-refractivity contribution in [1.29, 1.82) is 0 Å². The second-order valence-corrected chi connectivity index (χ2v) is 5.27. The van der Waals surface area contributed by atoms with Crippen LogP contribution in [0.5, 0.6) is 0 Å². The topological polar surface area (TPSA) is 49.5 Å². The average Bonchev–Trinajstić information content (AvgIpc) is 3.05. The number of likely N-dealkylation sites (tertiary alicyclic amines) is 1. The van der Waals surface area contributed by atoms with Crippen molar-refractivity contribution in [3.8, 4) is 0 Å². The molecule has 0 spiro atoms. The Morgan fingerprint density at radius 1 is 1.13 bits per heavy atom. The van der Waals surface area contributed by atoms with Gasteiger partial charge in [0.05, 0.1) is 5.60 Å². The van der Waals surface area contributed by atoms with Gasteiger partial charge in [0.1, 0.15) is 0 Å². The minimum Gasteiger partial charge on any atom is -0.387 e. The molecule has 1 heterocycles. The van der Waals surface area contributed by atoms with Crippen LogP contribution in [0.15, 0.2) is 0 Å². The molecular formula is C12H24N2O. The molecule has 3 nitrogen and oxygen atoms in total. The average molecular weight is 212 g/mol. The smallest absolute Gasteiger partial charge is 0.0923 e. The molecule has 0 aromatic carbocycles. The van der Waals surface area contributed by atoms with Gasteiger partial charge in [-0.15, -0.1) is 0 Å². The lowest BCUT2D eigenvalue weighted by atomic mass is 9.97. The van der Waals surface area contributed by atoms with Gasteiger partial charge in [-0.25, -0.2) is 0 Å². The van der Waals surface area contributed by atoms with E-state index in [2.05, 4.69) is 4.90 Å². The minimum atomic E-state index is -0.593. The van der Waals surface area contributed by atoms with Crippen LogP contribution in [-0.2, 0) is 0 Å². The Morgan fingerprint density at radius 3 is 2.20 bits per heavy atom. The molecular weight excluding hydrogens is 188 g/mol. The van der Waals surface area contributed by atoms with Crippen molar-refractivity contribution in [1.82, 2.24) is 4.90 Å². The van der Waals surface area contributed by atoms with Crippen molar-refractivity contribution >= 4 is 0 Å². The van der Waals surface area contributed by atoms with Gasteiger partial charge in [-0.3, -0.25) is 0 Å². The molecule has 3 N–H and O–H groups in total. The van der Waals surface area contributed by atoms with Crippen molar-refractivity contribution in [2.24, 2.45) is 11.7 Å². The zero-order valence-corrected chi connectivity index (χ0v) is 9.62. The van der Waals surface area contributed by atoms with Crippen LogP contribution < -0.4 is 5.73 Å². The van der Waals surface area contributed by atoms with Gasteiger partial charge < -0.3 is 15.7 Å². The van der Waals surface area contributed by atoms with Gasteiger partial charge in [-0.1, -0.05) is 12.8 Å². The highest BCUT2D eigenvalue weighted by molar-refractivity contribution is 4.97. The first-order valence-electron chi connectivity index (χ1n) is 6.39. The molecule has 1 atom stereocenters. The van der Waals surface area contributed by atoms with Crippen molar-refractivity contribution in [3.05, 3.63) is 0 Å². The lowest BCUT2D eigenvalue weighted by Crippen LogP contribution is -2.50. The monoisotopic (exact) mass is 212 g/mol. The molecule has 0 amide bonds. The maximum Gasteiger partial charge on any atom is 0.0923 e. The third kappa shape index (κ3) is 2.92. The lowest BCUT2D eigenvalue weighted by Gasteiger charge is -2.33. The summed E-state index contributed by atoms with van der Waals surface area (Å²) >= 11 is 0. The van der Waals surface area contributed by atoms with E-state index in [-0.39, 0.29) is 0 Å². The summed E-state index contributed by atoms with van der Waals surface area (Å²) in [5.41, 5.74) is 5.13. The van der Waals surface area contributed by atoms with Gasteiger partial charge in [-0.05, 0) is 44.7 Å².